The number of anilines is 1. The molecule has 0 aliphatic carbocycles. The molecule has 0 heterocycles. The molecular weight excluding hydrogens is 334 g/mol. The Bertz CT molecular complexity index is 858. The van der Waals surface area contributed by atoms with Crippen molar-refractivity contribution in [3.8, 4) is 5.75 Å². The molecule has 3 nitrogen and oxygen atoms in total. The van der Waals surface area contributed by atoms with Gasteiger partial charge in [-0.15, -0.1) is 0 Å². The van der Waals surface area contributed by atoms with E-state index in [1.54, 1.807) is 0 Å². The van der Waals surface area contributed by atoms with Crippen LogP contribution in [-0.4, -0.2) is 5.91 Å². The van der Waals surface area contributed by atoms with Gasteiger partial charge in [-0.2, -0.15) is 0 Å². The normalized spacial score (nSPS) is 10.3. The number of hydrogen-bond acceptors (Lipinski definition) is 2. The first-order chi connectivity index (χ1) is 12.1. The maximum absolute atomic E-state index is 12.3. The summed E-state index contributed by atoms with van der Waals surface area (Å²) >= 11 is 5.87. The van der Waals surface area contributed by atoms with E-state index in [0.29, 0.717) is 17.2 Å². The van der Waals surface area contributed by atoms with E-state index in [4.69, 9.17) is 16.3 Å². The van der Waals surface area contributed by atoms with Crippen molar-refractivity contribution in [1.82, 2.24) is 0 Å². The molecule has 25 heavy (non-hydrogen) atoms. The van der Waals surface area contributed by atoms with Crippen molar-refractivity contribution in [3.63, 3.8) is 0 Å². The number of benzene rings is 3. The highest BCUT2D eigenvalue weighted by Gasteiger charge is 2.08. The van der Waals surface area contributed by atoms with Crippen molar-refractivity contribution in [3.05, 3.63) is 94.5 Å². The SMILES string of the molecule is Cc1ccccc1C(=O)Nc1ccc(OCc2ccc(Cl)cc2)cc1. The number of carbonyl (C=O) groups is 1. The molecule has 0 atom stereocenters. The summed E-state index contributed by atoms with van der Waals surface area (Å²) in [6.45, 7) is 2.38. The van der Waals surface area contributed by atoms with Crippen LogP contribution >= 0.6 is 11.6 Å². The van der Waals surface area contributed by atoms with Gasteiger partial charge in [-0.1, -0.05) is 41.9 Å². The highest BCUT2D eigenvalue weighted by atomic mass is 35.5. The maximum atomic E-state index is 12.3. The lowest BCUT2D eigenvalue weighted by atomic mass is 10.1. The lowest BCUT2D eigenvalue weighted by Crippen LogP contribution is -2.13. The van der Waals surface area contributed by atoms with E-state index >= 15 is 0 Å². The molecule has 0 aromatic heterocycles. The zero-order valence-corrected chi connectivity index (χ0v) is 14.6. The summed E-state index contributed by atoms with van der Waals surface area (Å²) in [5.41, 5.74) is 3.39. The predicted molar refractivity (Wildman–Crippen MR) is 101 cm³/mol. The minimum atomic E-state index is -0.118. The molecule has 126 valence electrons. The first-order valence-electron chi connectivity index (χ1n) is 7.96. The first-order valence-corrected chi connectivity index (χ1v) is 8.34. The average molecular weight is 352 g/mol. The number of aryl methyl sites for hydroxylation is 1. The van der Waals surface area contributed by atoms with Crippen molar-refractivity contribution >= 4 is 23.2 Å². The number of carbonyl (C=O) groups excluding carboxylic acids is 1. The van der Waals surface area contributed by atoms with Crippen LogP contribution in [0.1, 0.15) is 21.5 Å². The zero-order chi connectivity index (χ0) is 17.6. The van der Waals surface area contributed by atoms with Crippen LogP contribution in [0.4, 0.5) is 5.69 Å². The van der Waals surface area contributed by atoms with Crippen LogP contribution in [0.5, 0.6) is 5.75 Å². The Morgan fingerprint density at radius 3 is 2.32 bits per heavy atom. The van der Waals surface area contributed by atoms with Crippen molar-refractivity contribution < 1.29 is 9.53 Å². The number of ether oxygens (including phenoxy) is 1. The fourth-order valence-electron chi connectivity index (χ4n) is 2.41. The van der Waals surface area contributed by atoms with Gasteiger partial charge in [0.25, 0.3) is 5.91 Å². The van der Waals surface area contributed by atoms with Gasteiger partial charge in [0.1, 0.15) is 12.4 Å². The number of nitrogens with one attached hydrogen (secondary N) is 1. The third kappa shape index (κ3) is 4.61. The van der Waals surface area contributed by atoms with E-state index in [1.807, 2.05) is 79.7 Å². The van der Waals surface area contributed by atoms with Crippen LogP contribution < -0.4 is 10.1 Å². The zero-order valence-electron chi connectivity index (χ0n) is 13.8. The maximum Gasteiger partial charge on any atom is 0.255 e. The Labute approximate surface area is 152 Å². The summed E-state index contributed by atoms with van der Waals surface area (Å²) in [5, 5.41) is 3.60. The Balaban J connectivity index is 1.59. The molecular formula is C21H18ClNO2. The van der Waals surface area contributed by atoms with Crippen molar-refractivity contribution in [2.24, 2.45) is 0 Å². The minimum Gasteiger partial charge on any atom is -0.489 e. The minimum absolute atomic E-state index is 0.118. The molecule has 4 heteroatoms. The van der Waals surface area contributed by atoms with Gasteiger partial charge in [-0.25, -0.2) is 0 Å². The molecule has 3 rings (SSSR count). The Morgan fingerprint density at radius 2 is 1.64 bits per heavy atom. The molecule has 3 aromatic rings. The smallest absolute Gasteiger partial charge is 0.255 e. The molecule has 3 aromatic carbocycles. The number of hydrogen-bond donors (Lipinski definition) is 1. The quantitative estimate of drug-likeness (QED) is 0.661. The van der Waals surface area contributed by atoms with E-state index in [-0.39, 0.29) is 5.91 Å². The molecule has 0 fully saturated rings. The van der Waals surface area contributed by atoms with E-state index < -0.39 is 0 Å². The van der Waals surface area contributed by atoms with Gasteiger partial charge in [0.15, 0.2) is 0 Å². The van der Waals surface area contributed by atoms with Gasteiger partial charge in [-0.3, -0.25) is 4.79 Å². The van der Waals surface area contributed by atoms with Crippen LogP contribution in [0.3, 0.4) is 0 Å². The molecule has 0 spiro atoms. The van der Waals surface area contributed by atoms with Crippen molar-refractivity contribution in [2.45, 2.75) is 13.5 Å². The molecule has 0 saturated carbocycles. The highest BCUT2D eigenvalue weighted by molar-refractivity contribution is 6.30. The number of rotatable bonds is 5. The van der Waals surface area contributed by atoms with Gasteiger partial charge >= 0.3 is 0 Å². The number of amides is 1. The lowest BCUT2D eigenvalue weighted by Gasteiger charge is -2.09. The van der Waals surface area contributed by atoms with Crippen LogP contribution in [0, 0.1) is 6.92 Å². The Morgan fingerprint density at radius 1 is 0.960 bits per heavy atom. The molecule has 0 aliphatic rings. The number of halogens is 1. The summed E-state index contributed by atoms with van der Waals surface area (Å²) in [4.78, 5) is 12.3. The Kier molecular flexibility index (Phi) is 5.36. The fraction of sp³-hybridized carbons (Fsp3) is 0.0952. The van der Waals surface area contributed by atoms with E-state index in [2.05, 4.69) is 5.32 Å². The van der Waals surface area contributed by atoms with Gasteiger partial charge in [0, 0.05) is 16.3 Å². The van der Waals surface area contributed by atoms with E-state index in [9.17, 15) is 4.79 Å². The second-order valence-corrected chi connectivity index (χ2v) is 6.14. The second-order valence-electron chi connectivity index (χ2n) is 5.71. The second kappa shape index (κ2) is 7.86. The standard InChI is InChI=1S/C21H18ClNO2/c1-15-4-2-3-5-20(15)21(24)23-18-10-12-19(13-11-18)25-14-16-6-8-17(22)9-7-16/h2-13H,14H2,1H3,(H,23,24). The molecule has 0 saturated heterocycles. The predicted octanol–water partition coefficient (Wildman–Crippen LogP) is 5.48. The topological polar surface area (TPSA) is 38.3 Å². The van der Waals surface area contributed by atoms with Gasteiger partial charge in [-0.05, 0) is 60.5 Å². The molecule has 1 N–H and O–H groups in total. The summed E-state index contributed by atoms with van der Waals surface area (Å²) in [6.07, 6.45) is 0. The molecule has 0 unspecified atom stereocenters. The fourth-order valence-corrected chi connectivity index (χ4v) is 2.53. The molecule has 0 radical (unpaired) electrons. The van der Waals surface area contributed by atoms with Crippen molar-refractivity contribution in [2.75, 3.05) is 5.32 Å². The highest BCUT2D eigenvalue weighted by Crippen LogP contribution is 2.19. The van der Waals surface area contributed by atoms with Gasteiger partial charge in [0.05, 0.1) is 0 Å². The lowest BCUT2D eigenvalue weighted by molar-refractivity contribution is 0.102. The van der Waals surface area contributed by atoms with Crippen LogP contribution in [0.15, 0.2) is 72.8 Å². The molecule has 1 amide bonds. The Hall–Kier alpha value is -2.78. The summed E-state index contributed by atoms with van der Waals surface area (Å²) < 4.78 is 5.74. The third-order valence-corrected chi connectivity index (χ3v) is 4.07. The van der Waals surface area contributed by atoms with Crippen LogP contribution in [-0.2, 0) is 6.61 Å². The molecule has 0 aliphatic heterocycles. The summed E-state index contributed by atoms with van der Waals surface area (Å²) in [5.74, 6) is 0.622. The summed E-state index contributed by atoms with van der Waals surface area (Å²) in [7, 11) is 0. The average Bonchev–Trinajstić information content (AvgIpc) is 2.63. The summed E-state index contributed by atoms with van der Waals surface area (Å²) in [6, 6.07) is 22.4. The van der Waals surface area contributed by atoms with Gasteiger partial charge in [0.2, 0.25) is 0 Å². The van der Waals surface area contributed by atoms with E-state index in [1.165, 1.54) is 0 Å². The van der Waals surface area contributed by atoms with E-state index in [0.717, 1.165) is 22.6 Å². The molecule has 0 bridgehead atoms. The van der Waals surface area contributed by atoms with Gasteiger partial charge < -0.3 is 10.1 Å². The third-order valence-electron chi connectivity index (χ3n) is 3.82. The first kappa shape index (κ1) is 17.1. The monoisotopic (exact) mass is 351 g/mol. The van der Waals surface area contributed by atoms with Crippen LogP contribution in [0.25, 0.3) is 0 Å². The van der Waals surface area contributed by atoms with Crippen LogP contribution in [0.2, 0.25) is 5.02 Å². The van der Waals surface area contributed by atoms with Crippen molar-refractivity contribution in [1.29, 1.82) is 0 Å². The largest absolute Gasteiger partial charge is 0.489 e.